The minimum atomic E-state index is -0.124. The maximum Gasteiger partial charge on any atom is 0.258 e. The number of hydrogen-bond acceptors (Lipinski definition) is 3. The Balaban J connectivity index is 1.98. The third kappa shape index (κ3) is 3.42. The van der Waals surface area contributed by atoms with Gasteiger partial charge in [-0.25, -0.2) is 4.98 Å². The molecule has 0 spiro atoms. The van der Waals surface area contributed by atoms with E-state index in [0.29, 0.717) is 16.8 Å². The van der Waals surface area contributed by atoms with E-state index < -0.39 is 0 Å². The predicted molar refractivity (Wildman–Crippen MR) is 112 cm³/mol. The fourth-order valence-electron chi connectivity index (χ4n) is 3.00. The number of benzene rings is 1. The molecule has 138 valence electrons. The van der Waals surface area contributed by atoms with E-state index >= 15 is 0 Å². The van der Waals surface area contributed by atoms with Crippen LogP contribution in [0.1, 0.15) is 46.1 Å². The molecule has 3 aromatic rings. The summed E-state index contributed by atoms with van der Waals surface area (Å²) >= 11 is 0. The second kappa shape index (κ2) is 6.42. The van der Waals surface area contributed by atoms with Crippen LogP contribution >= 0.6 is 0 Å². The number of pyridine rings is 2. The van der Waals surface area contributed by atoms with Crippen LogP contribution < -0.4 is 10.9 Å². The summed E-state index contributed by atoms with van der Waals surface area (Å²) in [5.41, 5.74) is 1.42. The van der Waals surface area contributed by atoms with E-state index in [2.05, 4.69) is 49.8 Å². The zero-order valence-corrected chi connectivity index (χ0v) is 16.3. The standard InChI is InChI=1S/C23H25N3O/c1-14(23(2,3)4)25-21-18-8-6-5-7-17(18)19-20(26-21)16(13-24-22(19)27)12-11-15-9-10-15/h5-8,13-15H,9-10H2,1-4H3,(H,24,27)(H,25,26)/t14-/m1/s1. The number of hydrogen-bond donors (Lipinski definition) is 2. The van der Waals surface area contributed by atoms with E-state index in [-0.39, 0.29) is 17.0 Å². The van der Waals surface area contributed by atoms with Gasteiger partial charge in [0.25, 0.3) is 5.56 Å². The van der Waals surface area contributed by atoms with Crippen LogP contribution in [0.3, 0.4) is 0 Å². The highest BCUT2D eigenvalue weighted by Gasteiger charge is 2.22. The van der Waals surface area contributed by atoms with Crippen molar-refractivity contribution < 1.29 is 0 Å². The molecule has 0 amide bonds. The van der Waals surface area contributed by atoms with Crippen molar-refractivity contribution in [3.8, 4) is 11.8 Å². The summed E-state index contributed by atoms with van der Waals surface area (Å²) in [6.45, 7) is 8.76. The first-order valence-electron chi connectivity index (χ1n) is 9.57. The molecule has 4 nitrogen and oxygen atoms in total. The summed E-state index contributed by atoms with van der Waals surface area (Å²) in [5, 5.41) is 6.04. The summed E-state index contributed by atoms with van der Waals surface area (Å²) in [5.74, 6) is 7.82. The van der Waals surface area contributed by atoms with E-state index in [1.165, 1.54) is 12.8 Å². The summed E-state index contributed by atoms with van der Waals surface area (Å²) in [4.78, 5) is 20.4. The third-order valence-electron chi connectivity index (χ3n) is 5.38. The Morgan fingerprint density at radius 3 is 2.59 bits per heavy atom. The smallest absolute Gasteiger partial charge is 0.258 e. The maximum absolute atomic E-state index is 12.6. The van der Waals surface area contributed by atoms with Crippen molar-refractivity contribution in [2.45, 2.75) is 46.6 Å². The van der Waals surface area contributed by atoms with E-state index in [0.717, 1.165) is 22.2 Å². The molecule has 1 aliphatic rings. The van der Waals surface area contributed by atoms with Crippen molar-refractivity contribution in [1.82, 2.24) is 9.97 Å². The van der Waals surface area contributed by atoms with Gasteiger partial charge in [0.15, 0.2) is 0 Å². The average Bonchev–Trinajstić information content (AvgIpc) is 3.44. The zero-order valence-electron chi connectivity index (χ0n) is 16.3. The summed E-state index contributed by atoms with van der Waals surface area (Å²) in [7, 11) is 0. The monoisotopic (exact) mass is 359 g/mol. The van der Waals surface area contributed by atoms with Gasteiger partial charge in [-0.2, -0.15) is 0 Å². The molecule has 0 radical (unpaired) electrons. The molecule has 0 saturated heterocycles. The van der Waals surface area contributed by atoms with Gasteiger partial charge >= 0.3 is 0 Å². The molecule has 0 bridgehead atoms. The molecule has 2 aromatic heterocycles. The van der Waals surface area contributed by atoms with E-state index in [1.807, 2.05) is 24.3 Å². The molecule has 2 N–H and O–H groups in total. The number of fused-ring (bicyclic) bond motifs is 3. The maximum atomic E-state index is 12.6. The first-order chi connectivity index (χ1) is 12.8. The minimum Gasteiger partial charge on any atom is -0.367 e. The Bertz CT molecular complexity index is 1140. The first kappa shape index (κ1) is 17.6. The molecular weight excluding hydrogens is 334 g/mol. The van der Waals surface area contributed by atoms with Crippen LogP contribution in [0.2, 0.25) is 0 Å². The van der Waals surface area contributed by atoms with E-state index in [4.69, 9.17) is 4.98 Å². The molecule has 1 saturated carbocycles. The third-order valence-corrected chi connectivity index (χ3v) is 5.38. The average molecular weight is 359 g/mol. The van der Waals surface area contributed by atoms with Crippen LogP contribution in [0.25, 0.3) is 21.7 Å². The van der Waals surface area contributed by atoms with Gasteiger partial charge in [0.05, 0.1) is 16.5 Å². The normalized spacial score (nSPS) is 15.4. The number of H-pyrrole nitrogens is 1. The molecule has 2 heterocycles. The number of aromatic amines is 1. The van der Waals surface area contributed by atoms with Crippen molar-refractivity contribution in [2.75, 3.05) is 5.32 Å². The largest absolute Gasteiger partial charge is 0.367 e. The Morgan fingerprint density at radius 1 is 1.22 bits per heavy atom. The summed E-state index contributed by atoms with van der Waals surface area (Å²) in [6.07, 6.45) is 4.03. The zero-order chi connectivity index (χ0) is 19.2. The van der Waals surface area contributed by atoms with Crippen LogP contribution in [-0.4, -0.2) is 16.0 Å². The summed E-state index contributed by atoms with van der Waals surface area (Å²) < 4.78 is 0. The second-order valence-electron chi connectivity index (χ2n) is 8.54. The first-order valence-corrected chi connectivity index (χ1v) is 9.57. The molecule has 4 rings (SSSR count). The molecular formula is C23H25N3O. The Labute approximate surface area is 159 Å². The van der Waals surface area contributed by atoms with Crippen molar-refractivity contribution in [3.05, 3.63) is 46.4 Å². The minimum absolute atomic E-state index is 0.0838. The lowest BCUT2D eigenvalue weighted by atomic mass is 9.88. The topological polar surface area (TPSA) is 57.8 Å². The van der Waals surface area contributed by atoms with Gasteiger partial charge in [-0.3, -0.25) is 4.79 Å². The van der Waals surface area contributed by atoms with Crippen molar-refractivity contribution >= 4 is 27.5 Å². The van der Waals surface area contributed by atoms with Crippen LogP contribution in [0.4, 0.5) is 5.82 Å². The van der Waals surface area contributed by atoms with Gasteiger partial charge in [0.2, 0.25) is 0 Å². The van der Waals surface area contributed by atoms with Gasteiger partial charge in [-0.05, 0) is 25.2 Å². The van der Waals surface area contributed by atoms with Gasteiger partial charge in [-0.15, -0.1) is 0 Å². The molecule has 4 heteroatoms. The van der Waals surface area contributed by atoms with Gasteiger partial charge in [0.1, 0.15) is 5.82 Å². The lowest BCUT2D eigenvalue weighted by Gasteiger charge is -2.29. The Kier molecular flexibility index (Phi) is 4.19. The number of nitrogens with one attached hydrogen (secondary N) is 2. The molecule has 1 atom stereocenters. The van der Waals surface area contributed by atoms with Gasteiger partial charge < -0.3 is 10.3 Å². The molecule has 0 aliphatic heterocycles. The van der Waals surface area contributed by atoms with Crippen LogP contribution in [0.15, 0.2) is 35.3 Å². The fraction of sp³-hybridized carbons (Fsp3) is 0.391. The number of aromatic nitrogens is 2. The molecule has 0 unspecified atom stereocenters. The Morgan fingerprint density at radius 2 is 1.93 bits per heavy atom. The molecule has 1 aliphatic carbocycles. The highest BCUT2D eigenvalue weighted by Crippen LogP contribution is 2.32. The number of anilines is 1. The highest BCUT2D eigenvalue weighted by atomic mass is 16.1. The van der Waals surface area contributed by atoms with Crippen LogP contribution in [0, 0.1) is 23.2 Å². The highest BCUT2D eigenvalue weighted by molar-refractivity contribution is 6.10. The van der Waals surface area contributed by atoms with Gasteiger partial charge in [0, 0.05) is 28.9 Å². The SMILES string of the molecule is C[C@@H](Nc1nc2c(C#CC3CC3)c[nH]c(=O)c2c2ccccc12)C(C)(C)C. The van der Waals surface area contributed by atoms with Crippen molar-refractivity contribution in [2.24, 2.45) is 11.3 Å². The van der Waals surface area contributed by atoms with E-state index in [9.17, 15) is 4.79 Å². The van der Waals surface area contributed by atoms with Gasteiger partial charge in [-0.1, -0.05) is 56.9 Å². The van der Waals surface area contributed by atoms with E-state index in [1.54, 1.807) is 6.20 Å². The quantitative estimate of drug-likeness (QED) is 0.516. The Hall–Kier alpha value is -2.80. The number of nitrogens with zero attached hydrogens (tertiary/aromatic N) is 1. The predicted octanol–water partition coefficient (Wildman–Crippen LogP) is 4.68. The molecule has 27 heavy (non-hydrogen) atoms. The number of rotatable bonds is 2. The van der Waals surface area contributed by atoms with Crippen molar-refractivity contribution in [3.63, 3.8) is 0 Å². The second-order valence-corrected chi connectivity index (χ2v) is 8.54. The lowest BCUT2D eigenvalue weighted by molar-refractivity contribution is 0.359. The van der Waals surface area contributed by atoms with Crippen LogP contribution in [0.5, 0.6) is 0 Å². The van der Waals surface area contributed by atoms with Crippen LogP contribution in [-0.2, 0) is 0 Å². The molecule has 1 fully saturated rings. The summed E-state index contributed by atoms with van der Waals surface area (Å²) in [6, 6.07) is 8.16. The molecule has 1 aromatic carbocycles. The lowest BCUT2D eigenvalue weighted by Crippen LogP contribution is -2.31. The fourth-order valence-corrected chi connectivity index (χ4v) is 3.00. The van der Waals surface area contributed by atoms with Crippen molar-refractivity contribution in [1.29, 1.82) is 0 Å².